The zero-order chi connectivity index (χ0) is 19.0. The highest BCUT2D eigenvalue weighted by atomic mass is 19.1. The number of pyridine rings is 1. The monoisotopic (exact) mass is 369 g/mol. The van der Waals surface area contributed by atoms with Crippen molar-refractivity contribution in [1.82, 2.24) is 20.2 Å². The zero-order valence-electron chi connectivity index (χ0n) is 14.4. The Kier molecular flexibility index (Phi) is 4.08. The van der Waals surface area contributed by atoms with Crippen molar-refractivity contribution in [3.05, 3.63) is 59.7 Å². The number of aliphatic carboxylic acids is 1. The van der Waals surface area contributed by atoms with E-state index >= 15 is 0 Å². The Bertz CT molecular complexity index is 1060. The van der Waals surface area contributed by atoms with Gasteiger partial charge in [0.15, 0.2) is 11.3 Å². The van der Waals surface area contributed by atoms with Gasteiger partial charge in [0.2, 0.25) is 0 Å². The number of hydrogen-bond donors (Lipinski definition) is 2. The first-order chi connectivity index (χ1) is 13.0. The summed E-state index contributed by atoms with van der Waals surface area (Å²) in [5, 5.41) is 14.4. The molecule has 4 rings (SSSR count). The molecule has 1 atom stereocenters. The molecule has 1 aliphatic rings. The molecular weight excluding hydrogens is 353 g/mol. The Hall–Kier alpha value is -3.33. The van der Waals surface area contributed by atoms with E-state index in [9.17, 15) is 9.18 Å². The Morgan fingerprint density at radius 3 is 2.85 bits per heavy atom. The number of hydroxylamine groups is 1. The minimum atomic E-state index is -1.27. The van der Waals surface area contributed by atoms with Gasteiger partial charge in [0.1, 0.15) is 11.5 Å². The summed E-state index contributed by atoms with van der Waals surface area (Å²) in [6.45, 7) is 2.01. The van der Waals surface area contributed by atoms with Gasteiger partial charge in [0, 0.05) is 17.1 Å². The number of nitrogens with zero attached hydrogens (tertiary/aromatic N) is 4. The molecule has 0 saturated carbocycles. The summed E-state index contributed by atoms with van der Waals surface area (Å²) in [5.41, 5.74) is 3.01. The van der Waals surface area contributed by atoms with E-state index < -0.39 is 17.5 Å². The molecule has 3 aromatic rings. The molecule has 0 aliphatic carbocycles. The van der Waals surface area contributed by atoms with E-state index in [4.69, 9.17) is 9.94 Å². The average molecular weight is 369 g/mol. The molecule has 1 unspecified atom stereocenters. The number of nitrogens with one attached hydrogen (secondary N) is 1. The highest BCUT2D eigenvalue weighted by molar-refractivity contribution is 6.32. The number of halogens is 1. The van der Waals surface area contributed by atoms with Crippen molar-refractivity contribution in [3.63, 3.8) is 0 Å². The Morgan fingerprint density at radius 2 is 2.15 bits per heavy atom. The lowest BCUT2D eigenvalue weighted by Gasteiger charge is -2.20. The smallest absolute Gasteiger partial charge is 0.393 e. The summed E-state index contributed by atoms with van der Waals surface area (Å²) in [4.78, 5) is 24.8. The molecule has 0 radical (unpaired) electrons. The molecule has 138 valence electrons. The second-order valence-corrected chi connectivity index (χ2v) is 6.11. The number of carboxylic acids is 1. The fourth-order valence-electron chi connectivity index (χ4n) is 3.08. The predicted molar refractivity (Wildman–Crippen MR) is 94.3 cm³/mol. The molecule has 0 bridgehead atoms. The first-order valence-corrected chi connectivity index (χ1v) is 8.36. The quantitative estimate of drug-likeness (QED) is 0.715. The minimum Gasteiger partial charge on any atom is -0.474 e. The van der Waals surface area contributed by atoms with E-state index in [2.05, 4.69) is 20.6 Å². The van der Waals surface area contributed by atoms with Gasteiger partial charge < -0.3 is 9.94 Å². The fraction of sp³-hybridized carbons (Fsp3) is 0.222. The number of benzene rings is 1. The first-order valence-electron chi connectivity index (χ1n) is 8.36. The topological polar surface area (TPSA) is 102 Å². The molecule has 2 aromatic heterocycles. The van der Waals surface area contributed by atoms with Gasteiger partial charge in [-0.3, -0.25) is 0 Å². The van der Waals surface area contributed by atoms with Crippen molar-refractivity contribution in [3.8, 4) is 0 Å². The van der Waals surface area contributed by atoms with Crippen molar-refractivity contribution in [2.75, 3.05) is 0 Å². The number of hydrogen-bond acceptors (Lipinski definition) is 6. The highest BCUT2D eigenvalue weighted by Gasteiger charge is 2.42. The fourth-order valence-corrected chi connectivity index (χ4v) is 3.08. The van der Waals surface area contributed by atoms with Crippen molar-refractivity contribution >= 4 is 22.9 Å². The first kappa shape index (κ1) is 17.1. The summed E-state index contributed by atoms with van der Waals surface area (Å²) in [6, 6.07) is 10.0. The van der Waals surface area contributed by atoms with Crippen LogP contribution < -0.4 is 5.48 Å². The molecule has 2 N–H and O–H groups in total. The molecule has 27 heavy (non-hydrogen) atoms. The Labute approximate surface area is 153 Å². The number of carboxylic acid groups (broad SMARTS) is 1. The SMILES string of the molecule is CCC1(c2nn(Cc3ccccc3F)c3ncccc23)N=C(C(=O)O)ON1. The lowest BCUT2D eigenvalue weighted by molar-refractivity contribution is -0.131. The number of rotatable bonds is 5. The van der Waals surface area contributed by atoms with Crippen LogP contribution in [-0.2, 0) is 21.8 Å². The van der Waals surface area contributed by atoms with Gasteiger partial charge in [-0.05, 0) is 24.6 Å². The van der Waals surface area contributed by atoms with Gasteiger partial charge in [-0.2, -0.15) is 5.10 Å². The maximum Gasteiger partial charge on any atom is 0.393 e. The van der Waals surface area contributed by atoms with Gasteiger partial charge in [0.25, 0.3) is 0 Å². The normalized spacial score (nSPS) is 19.1. The zero-order valence-corrected chi connectivity index (χ0v) is 14.4. The van der Waals surface area contributed by atoms with E-state index in [1.54, 1.807) is 35.1 Å². The van der Waals surface area contributed by atoms with E-state index in [1.807, 2.05) is 13.0 Å². The lowest BCUT2D eigenvalue weighted by Crippen LogP contribution is -2.36. The molecule has 0 spiro atoms. The van der Waals surface area contributed by atoms with Crippen molar-refractivity contribution < 1.29 is 19.1 Å². The second-order valence-electron chi connectivity index (χ2n) is 6.11. The van der Waals surface area contributed by atoms with Crippen LogP contribution in [-0.4, -0.2) is 31.7 Å². The average Bonchev–Trinajstić information content (AvgIpc) is 3.27. The van der Waals surface area contributed by atoms with Crippen LogP contribution in [0.4, 0.5) is 4.39 Å². The van der Waals surface area contributed by atoms with Gasteiger partial charge in [-0.25, -0.2) is 23.8 Å². The third-order valence-electron chi connectivity index (χ3n) is 4.48. The van der Waals surface area contributed by atoms with Crippen LogP contribution in [0, 0.1) is 5.82 Å². The molecule has 3 heterocycles. The van der Waals surface area contributed by atoms with Crippen LogP contribution >= 0.6 is 0 Å². The third kappa shape index (κ3) is 2.81. The van der Waals surface area contributed by atoms with Gasteiger partial charge in [-0.1, -0.05) is 25.1 Å². The van der Waals surface area contributed by atoms with E-state index in [1.165, 1.54) is 6.07 Å². The number of fused-ring (bicyclic) bond motifs is 1. The standard InChI is InChI=1S/C18H16FN5O3/c1-2-18(21-16(17(25)26)27-23-18)14-12-7-5-9-20-15(12)24(22-14)10-11-6-3-4-8-13(11)19/h3-9,23H,2,10H2,1H3,(H,25,26). The van der Waals surface area contributed by atoms with E-state index in [0.717, 1.165) is 0 Å². The van der Waals surface area contributed by atoms with Crippen molar-refractivity contribution in [2.24, 2.45) is 4.99 Å². The molecule has 1 aliphatic heterocycles. The summed E-state index contributed by atoms with van der Waals surface area (Å²) in [6.07, 6.45) is 2.01. The van der Waals surface area contributed by atoms with Gasteiger partial charge in [-0.15, -0.1) is 5.48 Å². The minimum absolute atomic E-state index is 0.177. The van der Waals surface area contributed by atoms with Crippen LogP contribution in [0.5, 0.6) is 0 Å². The maximum atomic E-state index is 14.1. The molecular formula is C18H16FN5O3. The lowest BCUT2D eigenvalue weighted by atomic mass is 10.0. The van der Waals surface area contributed by atoms with Crippen LogP contribution in [0.15, 0.2) is 47.6 Å². The second kappa shape index (κ2) is 6.44. The molecule has 8 nitrogen and oxygen atoms in total. The summed E-state index contributed by atoms with van der Waals surface area (Å²) in [7, 11) is 0. The summed E-state index contributed by atoms with van der Waals surface area (Å²) >= 11 is 0. The van der Waals surface area contributed by atoms with E-state index in [0.29, 0.717) is 28.7 Å². The Morgan fingerprint density at radius 1 is 1.33 bits per heavy atom. The van der Waals surface area contributed by atoms with Crippen LogP contribution in [0.3, 0.4) is 0 Å². The van der Waals surface area contributed by atoms with Gasteiger partial charge in [0.05, 0.1) is 6.54 Å². The van der Waals surface area contributed by atoms with Gasteiger partial charge >= 0.3 is 11.9 Å². The predicted octanol–water partition coefficient (Wildman–Crippen LogP) is 2.20. The largest absolute Gasteiger partial charge is 0.474 e. The molecule has 0 fully saturated rings. The van der Waals surface area contributed by atoms with Crippen LogP contribution in [0.1, 0.15) is 24.6 Å². The third-order valence-corrected chi connectivity index (χ3v) is 4.48. The summed E-state index contributed by atoms with van der Waals surface area (Å²) in [5.74, 6) is -2.04. The number of aromatic nitrogens is 3. The van der Waals surface area contributed by atoms with E-state index in [-0.39, 0.29) is 12.4 Å². The molecule has 0 saturated heterocycles. The highest BCUT2D eigenvalue weighted by Crippen LogP contribution is 2.34. The van der Waals surface area contributed by atoms with Crippen molar-refractivity contribution in [2.45, 2.75) is 25.6 Å². The number of aliphatic imine (C=N–C) groups is 1. The summed E-state index contributed by atoms with van der Waals surface area (Å²) < 4.78 is 15.7. The van der Waals surface area contributed by atoms with Crippen LogP contribution in [0.2, 0.25) is 0 Å². The molecule has 9 heteroatoms. The van der Waals surface area contributed by atoms with Crippen LogP contribution in [0.25, 0.3) is 11.0 Å². The molecule has 0 amide bonds. The van der Waals surface area contributed by atoms with Crippen molar-refractivity contribution in [1.29, 1.82) is 0 Å². The molecule has 1 aromatic carbocycles. The Balaban J connectivity index is 1.85. The number of carbonyl (C=O) groups is 1. The maximum absolute atomic E-state index is 14.1.